The number of nitro groups is 1. The summed E-state index contributed by atoms with van der Waals surface area (Å²) in [7, 11) is 0. The predicted octanol–water partition coefficient (Wildman–Crippen LogP) is 6.12. The van der Waals surface area contributed by atoms with E-state index in [0.717, 1.165) is 63.5 Å². The maximum Gasteiger partial charge on any atom is 0.418 e. The lowest BCUT2D eigenvalue weighted by Gasteiger charge is -2.31. The molecule has 3 amide bonds. The van der Waals surface area contributed by atoms with E-state index >= 15 is 0 Å². The fraction of sp³-hybridized carbons (Fsp3) is 0.273. The third kappa shape index (κ3) is 6.21. The van der Waals surface area contributed by atoms with Crippen LogP contribution in [0.5, 0.6) is 0 Å². The highest BCUT2D eigenvalue weighted by molar-refractivity contribution is 8.00. The molecule has 0 bridgehead atoms. The number of amides is 3. The molecule has 0 radical (unpaired) electrons. The van der Waals surface area contributed by atoms with Gasteiger partial charge in [-0.05, 0) is 55.8 Å². The maximum atomic E-state index is 14.1. The zero-order chi connectivity index (χ0) is 35.2. The van der Waals surface area contributed by atoms with Crippen LogP contribution in [0, 0.1) is 16.0 Å². The van der Waals surface area contributed by atoms with Gasteiger partial charge in [0.25, 0.3) is 5.69 Å². The van der Waals surface area contributed by atoms with Gasteiger partial charge in [-0.15, -0.1) is 0 Å². The van der Waals surface area contributed by atoms with Gasteiger partial charge in [-0.3, -0.25) is 33.9 Å². The summed E-state index contributed by atoms with van der Waals surface area (Å²) in [6.45, 7) is 4.90. The zero-order valence-electron chi connectivity index (χ0n) is 26.0. The normalized spacial score (nSPS) is 18.6. The molecule has 1 N–H and O–H groups in total. The summed E-state index contributed by atoms with van der Waals surface area (Å²) in [5.74, 6) is -3.77. The number of alkyl halides is 3. The molecule has 254 valence electrons. The molecule has 1 fully saturated rings. The minimum absolute atomic E-state index is 0.148. The van der Waals surface area contributed by atoms with Gasteiger partial charge < -0.3 is 10.2 Å². The van der Waals surface area contributed by atoms with E-state index in [1.807, 2.05) is 38.1 Å². The Hall–Kier alpha value is -4.96. The first-order chi connectivity index (χ1) is 23.3. The van der Waals surface area contributed by atoms with E-state index in [1.54, 1.807) is 0 Å². The second kappa shape index (κ2) is 13.2. The summed E-state index contributed by atoms with van der Waals surface area (Å²) in [5, 5.41) is 12.7. The Labute approximate surface area is 285 Å². The minimum Gasteiger partial charge on any atom is -0.372 e. The minimum atomic E-state index is -4.73. The molecule has 3 aromatic carbocycles. The van der Waals surface area contributed by atoms with Crippen LogP contribution in [-0.4, -0.2) is 45.6 Å². The van der Waals surface area contributed by atoms with Crippen molar-refractivity contribution >= 4 is 63.6 Å². The molecule has 6 rings (SSSR count). The smallest absolute Gasteiger partial charge is 0.372 e. The number of thiazole rings is 1. The van der Waals surface area contributed by atoms with Crippen molar-refractivity contribution in [3.8, 4) is 0 Å². The van der Waals surface area contributed by atoms with Crippen molar-refractivity contribution in [2.45, 2.75) is 42.8 Å². The Kier molecular flexibility index (Phi) is 9.11. The van der Waals surface area contributed by atoms with Gasteiger partial charge in [0.2, 0.25) is 17.7 Å². The lowest BCUT2D eigenvalue weighted by molar-refractivity contribution is -0.384. The highest BCUT2D eigenvalue weighted by Crippen LogP contribution is 2.54. The van der Waals surface area contributed by atoms with E-state index in [4.69, 9.17) is 0 Å². The Balaban J connectivity index is 1.40. The lowest BCUT2D eigenvalue weighted by atomic mass is 9.83. The van der Waals surface area contributed by atoms with Crippen LogP contribution in [0.4, 0.5) is 35.9 Å². The van der Waals surface area contributed by atoms with Crippen LogP contribution >= 0.6 is 23.1 Å². The largest absolute Gasteiger partial charge is 0.418 e. The number of carbonyl (C=O) groups excluding carboxylic acids is 3. The van der Waals surface area contributed by atoms with Gasteiger partial charge in [0.05, 0.1) is 32.8 Å². The van der Waals surface area contributed by atoms with E-state index in [9.17, 15) is 42.5 Å². The number of aromatic nitrogens is 1. The molecule has 0 saturated carbocycles. The van der Waals surface area contributed by atoms with Gasteiger partial charge in [0.15, 0.2) is 0 Å². The van der Waals surface area contributed by atoms with Crippen molar-refractivity contribution in [3.63, 3.8) is 0 Å². The Morgan fingerprint density at radius 1 is 0.959 bits per heavy atom. The number of anilines is 3. The van der Waals surface area contributed by atoms with Crippen molar-refractivity contribution in [1.82, 2.24) is 4.57 Å². The number of para-hydroxylation sites is 1. The molecule has 1 aromatic heterocycles. The molecule has 0 unspecified atom stereocenters. The van der Waals surface area contributed by atoms with Gasteiger partial charge >= 0.3 is 11.0 Å². The number of nitrogens with zero attached hydrogens (tertiary/aromatic N) is 4. The molecular weight excluding hydrogens is 684 g/mol. The second-order valence-corrected chi connectivity index (χ2v) is 13.4. The first-order valence-electron chi connectivity index (χ1n) is 15.2. The first-order valence-corrected chi connectivity index (χ1v) is 16.9. The van der Waals surface area contributed by atoms with E-state index in [0.29, 0.717) is 10.4 Å². The molecule has 0 aliphatic carbocycles. The van der Waals surface area contributed by atoms with Crippen LogP contribution in [0.25, 0.3) is 0 Å². The number of imide groups is 1. The molecule has 49 heavy (non-hydrogen) atoms. The topological polar surface area (TPSA) is 135 Å². The van der Waals surface area contributed by atoms with Crippen LogP contribution in [0.2, 0.25) is 0 Å². The van der Waals surface area contributed by atoms with E-state index < -0.39 is 68.6 Å². The van der Waals surface area contributed by atoms with E-state index in [-0.39, 0.29) is 16.4 Å². The van der Waals surface area contributed by atoms with Crippen molar-refractivity contribution in [3.05, 3.63) is 109 Å². The highest BCUT2D eigenvalue weighted by atomic mass is 32.2. The van der Waals surface area contributed by atoms with Crippen LogP contribution < -0.4 is 20.0 Å². The number of benzene rings is 3. The summed E-state index contributed by atoms with van der Waals surface area (Å²) in [6.07, 6.45) is -4.73. The Morgan fingerprint density at radius 3 is 2.22 bits per heavy atom. The maximum absolute atomic E-state index is 14.1. The molecule has 4 aromatic rings. The summed E-state index contributed by atoms with van der Waals surface area (Å²) in [4.78, 5) is 68.3. The van der Waals surface area contributed by atoms with Gasteiger partial charge in [-0.2, -0.15) is 13.2 Å². The summed E-state index contributed by atoms with van der Waals surface area (Å²) < 4.78 is 41.9. The van der Waals surface area contributed by atoms with Crippen LogP contribution in [0.1, 0.15) is 35.8 Å². The third-order valence-corrected chi connectivity index (χ3v) is 11.2. The van der Waals surface area contributed by atoms with Gasteiger partial charge in [0, 0.05) is 41.7 Å². The lowest BCUT2D eigenvalue weighted by Crippen LogP contribution is -2.33. The Morgan fingerprint density at radius 2 is 1.61 bits per heavy atom. The van der Waals surface area contributed by atoms with Gasteiger partial charge in [0.1, 0.15) is 11.8 Å². The third-order valence-electron chi connectivity index (χ3n) is 8.56. The number of non-ortho nitro benzene ring substituents is 1. The number of hydrogen-bond acceptors (Lipinski definition) is 9. The average Bonchev–Trinajstić information content (AvgIpc) is 3.51. The summed E-state index contributed by atoms with van der Waals surface area (Å²) in [5.41, 5.74) is -0.00578. The fourth-order valence-electron chi connectivity index (χ4n) is 6.25. The van der Waals surface area contributed by atoms with E-state index in [2.05, 4.69) is 10.2 Å². The quantitative estimate of drug-likeness (QED) is 0.125. The van der Waals surface area contributed by atoms with Crippen molar-refractivity contribution in [2.24, 2.45) is 5.92 Å². The van der Waals surface area contributed by atoms with E-state index in [1.165, 1.54) is 36.4 Å². The number of hydrogen-bond donors (Lipinski definition) is 1. The molecule has 2 aliphatic rings. The molecule has 1 saturated heterocycles. The SMILES string of the molecule is CCN(CC)c1ccc([C@@H]2c3sc(=O)n(CC(=O)Nc4ccccc4C(F)(F)F)c3S[C@H]3C(=O)N(c4ccc([N+](=O)[O-])cc4)C(=O)[C@@H]23)cc1. The van der Waals surface area contributed by atoms with Crippen LogP contribution in [0.15, 0.2) is 82.6 Å². The predicted molar refractivity (Wildman–Crippen MR) is 179 cm³/mol. The molecule has 3 atom stereocenters. The molecule has 11 nitrogen and oxygen atoms in total. The van der Waals surface area contributed by atoms with Crippen LogP contribution in [0.3, 0.4) is 0 Å². The highest BCUT2D eigenvalue weighted by Gasteiger charge is 2.57. The summed E-state index contributed by atoms with van der Waals surface area (Å²) in [6, 6.07) is 16.9. The standard InChI is InChI=1S/C33H28F3N5O6S2/c1-3-38(4-2)19-11-9-18(10-12-19)25-26-27(30(44)40(29(26)43)20-13-15-21(16-14-20)41(46)47)48-31-28(25)49-32(45)39(31)17-24(42)37-23-8-6-5-7-22(23)33(34,35)36/h5-16,25-27H,3-4,17H2,1-2H3,(H,37,42)/t25-,26-,27+/m0/s1. The zero-order valence-corrected chi connectivity index (χ0v) is 27.6. The monoisotopic (exact) mass is 711 g/mol. The first kappa shape index (κ1) is 33.9. The van der Waals surface area contributed by atoms with Gasteiger partial charge in [-0.25, -0.2) is 4.90 Å². The molecule has 3 heterocycles. The number of rotatable bonds is 9. The van der Waals surface area contributed by atoms with Crippen molar-refractivity contribution < 1.29 is 32.5 Å². The summed E-state index contributed by atoms with van der Waals surface area (Å²) >= 11 is 1.76. The van der Waals surface area contributed by atoms with Crippen molar-refractivity contribution in [2.75, 3.05) is 28.2 Å². The second-order valence-electron chi connectivity index (χ2n) is 11.3. The fourth-order valence-corrected chi connectivity index (χ4v) is 9.02. The molecule has 2 aliphatic heterocycles. The number of carbonyl (C=O) groups is 3. The number of halogens is 3. The number of nitrogens with one attached hydrogen (secondary N) is 1. The average molecular weight is 712 g/mol. The molecule has 0 spiro atoms. The number of nitro benzene ring substituents is 1. The van der Waals surface area contributed by atoms with Crippen LogP contribution in [-0.2, 0) is 27.1 Å². The van der Waals surface area contributed by atoms with Crippen molar-refractivity contribution in [1.29, 1.82) is 0 Å². The Bertz CT molecular complexity index is 2010. The number of fused-ring (bicyclic) bond motifs is 2. The molecule has 16 heteroatoms. The molecular formula is C33H28F3N5O6S2. The number of thioether (sulfide) groups is 1. The van der Waals surface area contributed by atoms with Gasteiger partial charge in [-0.1, -0.05) is 47.4 Å².